The minimum absolute atomic E-state index is 0.0900. The number of hydrogen-bond acceptors (Lipinski definition) is 6. The largest absolute Gasteiger partial charge is 0.462 e. The molecule has 0 aliphatic carbocycles. The van der Waals surface area contributed by atoms with Crippen molar-refractivity contribution in [2.24, 2.45) is 0 Å². The molecule has 0 heterocycles. The molecule has 66 heavy (non-hydrogen) atoms. The van der Waals surface area contributed by atoms with Gasteiger partial charge in [-0.15, -0.1) is 0 Å². The van der Waals surface area contributed by atoms with Crippen molar-refractivity contribution in [3.63, 3.8) is 0 Å². The van der Waals surface area contributed by atoms with Crippen LogP contribution in [0.15, 0.2) is 85.1 Å². The number of carbonyl (C=O) groups excluding carboxylic acids is 3. The van der Waals surface area contributed by atoms with Crippen molar-refractivity contribution in [2.75, 3.05) is 13.2 Å². The summed E-state index contributed by atoms with van der Waals surface area (Å²) in [6.45, 7) is 6.52. The van der Waals surface area contributed by atoms with E-state index >= 15 is 0 Å². The van der Waals surface area contributed by atoms with Gasteiger partial charge in [-0.25, -0.2) is 0 Å². The summed E-state index contributed by atoms with van der Waals surface area (Å²) in [6, 6.07) is 0. The van der Waals surface area contributed by atoms with Gasteiger partial charge in [-0.05, 0) is 64.2 Å². The van der Waals surface area contributed by atoms with E-state index in [4.69, 9.17) is 14.2 Å². The molecule has 0 aromatic carbocycles. The summed E-state index contributed by atoms with van der Waals surface area (Å²) in [6.07, 6.45) is 69.9. The van der Waals surface area contributed by atoms with Crippen LogP contribution >= 0.6 is 0 Å². The Balaban J connectivity index is 4.45. The monoisotopic (exact) mass is 919 g/mol. The lowest BCUT2D eigenvalue weighted by Crippen LogP contribution is -2.30. The van der Waals surface area contributed by atoms with Crippen LogP contribution in [0, 0.1) is 0 Å². The SMILES string of the molecule is CCC\C=C/C=C\C=C/C=C\C=C/CCCCCCCC(=O)OCC(COC(=O)CCCCCCCCCCCCCC)OC(=O)CCCCCCC/C=C\C=C/CCCCCCCCC. The fourth-order valence-corrected chi connectivity index (χ4v) is 7.58. The van der Waals surface area contributed by atoms with E-state index in [2.05, 4.69) is 81.5 Å². The Kier molecular flexibility index (Phi) is 51.4. The third-order valence-corrected chi connectivity index (χ3v) is 11.8. The molecular formula is C60H102O6. The van der Waals surface area contributed by atoms with Gasteiger partial charge in [-0.2, -0.15) is 0 Å². The second-order valence-corrected chi connectivity index (χ2v) is 18.3. The molecule has 0 saturated heterocycles. The van der Waals surface area contributed by atoms with Gasteiger partial charge in [-0.1, -0.05) is 260 Å². The highest BCUT2D eigenvalue weighted by atomic mass is 16.6. The average molecular weight is 919 g/mol. The van der Waals surface area contributed by atoms with E-state index in [1.165, 1.54) is 116 Å². The lowest BCUT2D eigenvalue weighted by molar-refractivity contribution is -0.167. The first-order valence-corrected chi connectivity index (χ1v) is 27.7. The summed E-state index contributed by atoms with van der Waals surface area (Å²) in [5, 5.41) is 0. The highest BCUT2D eigenvalue weighted by Gasteiger charge is 2.19. The van der Waals surface area contributed by atoms with Crippen LogP contribution in [-0.4, -0.2) is 37.2 Å². The molecule has 0 radical (unpaired) electrons. The van der Waals surface area contributed by atoms with E-state index in [1.54, 1.807) is 0 Å². The summed E-state index contributed by atoms with van der Waals surface area (Å²) in [4.78, 5) is 38.1. The van der Waals surface area contributed by atoms with Crippen molar-refractivity contribution in [3.05, 3.63) is 85.1 Å². The van der Waals surface area contributed by atoms with Gasteiger partial charge in [0.15, 0.2) is 6.10 Å². The van der Waals surface area contributed by atoms with Crippen molar-refractivity contribution in [1.82, 2.24) is 0 Å². The molecule has 0 fully saturated rings. The number of carbonyl (C=O) groups is 3. The van der Waals surface area contributed by atoms with E-state index in [1.807, 2.05) is 24.3 Å². The zero-order valence-electron chi connectivity index (χ0n) is 43.2. The minimum atomic E-state index is -0.794. The van der Waals surface area contributed by atoms with Crippen molar-refractivity contribution in [1.29, 1.82) is 0 Å². The maximum atomic E-state index is 12.8. The number of rotatable bonds is 49. The number of unbranched alkanes of at least 4 members (excludes halogenated alkanes) is 29. The Bertz CT molecular complexity index is 1290. The van der Waals surface area contributed by atoms with E-state index in [0.29, 0.717) is 19.3 Å². The maximum Gasteiger partial charge on any atom is 0.306 e. The topological polar surface area (TPSA) is 78.9 Å². The van der Waals surface area contributed by atoms with Gasteiger partial charge in [-0.3, -0.25) is 14.4 Å². The van der Waals surface area contributed by atoms with Crippen molar-refractivity contribution in [3.8, 4) is 0 Å². The average Bonchev–Trinajstić information content (AvgIpc) is 3.31. The molecule has 0 spiro atoms. The summed E-state index contributed by atoms with van der Waals surface area (Å²) in [7, 11) is 0. The predicted molar refractivity (Wildman–Crippen MR) is 284 cm³/mol. The van der Waals surface area contributed by atoms with Crippen LogP contribution in [0.3, 0.4) is 0 Å². The molecule has 0 saturated carbocycles. The summed E-state index contributed by atoms with van der Waals surface area (Å²) < 4.78 is 16.8. The first-order chi connectivity index (χ1) is 32.5. The highest BCUT2D eigenvalue weighted by Crippen LogP contribution is 2.15. The molecule has 0 rings (SSSR count). The number of allylic oxidation sites excluding steroid dienone is 14. The fraction of sp³-hybridized carbons (Fsp3) is 0.717. The Morgan fingerprint density at radius 3 is 0.924 bits per heavy atom. The first kappa shape index (κ1) is 62.6. The summed E-state index contributed by atoms with van der Waals surface area (Å²) in [5.41, 5.74) is 0. The Morgan fingerprint density at radius 1 is 0.303 bits per heavy atom. The van der Waals surface area contributed by atoms with Crippen molar-refractivity contribution in [2.45, 2.75) is 264 Å². The molecule has 6 nitrogen and oxygen atoms in total. The molecule has 0 aromatic heterocycles. The van der Waals surface area contributed by atoms with Gasteiger partial charge in [0, 0.05) is 19.3 Å². The molecule has 0 N–H and O–H groups in total. The standard InChI is InChI=1S/C60H102O6/c1-4-7-10-13-16-19-22-25-27-29-31-33-35-38-41-44-47-50-53-59(62)65-56-57(55-64-58(61)52-49-46-43-40-37-24-21-18-15-12-9-6-3)66-60(63)54-51-48-45-42-39-36-34-32-30-28-26-23-20-17-14-11-8-5-2/h10,13,16,19,22,25,27-34,57H,4-9,11-12,14-15,17-18,20-21,23-24,26,35-56H2,1-3H3/b13-10-,19-16-,25-22-,29-27-,30-28-,33-31-,34-32-. The van der Waals surface area contributed by atoms with Crippen molar-refractivity contribution < 1.29 is 28.6 Å². The molecule has 378 valence electrons. The second kappa shape index (κ2) is 54.2. The third kappa shape index (κ3) is 51.6. The molecule has 0 aromatic rings. The van der Waals surface area contributed by atoms with E-state index in [0.717, 1.165) is 103 Å². The van der Waals surface area contributed by atoms with Crippen LogP contribution in [-0.2, 0) is 28.6 Å². The molecular weight excluding hydrogens is 817 g/mol. The Morgan fingerprint density at radius 2 is 0.576 bits per heavy atom. The van der Waals surface area contributed by atoms with E-state index in [9.17, 15) is 14.4 Å². The van der Waals surface area contributed by atoms with Gasteiger partial charge in [0.05, 0.1) is 0 Å². The minimum Gasteiger partial charge on any atom is -0.462 e. The highest BCUT2D eigenvalue weighted by molar-refractivity contribution is 5.71. The normalized spacial score (nSPS) is 12.7. The number of hydrogen-bond donors (Lipinski definition) is 0. The van der Waals surface area contributed by atoms with Crippen LogP contribution in [0.5, 0.6) is 0 Å². The smallest absolute Gasteiger partial charge is 0.306 e. The third-order valence-electron chi connectivity index (χ3n) is 11.8. The lowest BCUT2D eigenvalue weighted by atomic mass is 10.0. The van der Waals surface area contributed by atoms with Crippen LogP contribution < -0.4 is 0 Å². The molecule has 0 amide bonds. The molecule has 0 aliphatic rings. The zero-order chi connectivity index (χ0) is 47.9. The maximum absolute atomic E-state index is 12.8. The fourth-order valence-electron chi connectivity index (χ4n) is 7.58. The molecule has 0 aliphatic heterocycles. The molecule has 0 bridgehead atoms. The Labute approximate surface area is 407 Å². The Hall–Kier alpha value is -3.41. The van der Waals surface area contributed by atoms with E-state index < -0.39 is 6.10 Å². The van der Waals surface area contributed by atoms with Crippen LogP contribution in [0.1, 0.15) is 258 Å². The lowest BCUT2D eigenvalue weighted by Gasteiger charge is -2.18. The molecule has 1 unspecified atom stereocenters. The molecule has 1 atom stereocenters. The predicted octanol–water partition coefficient (Wildman–Crippen LogP) is 18.4. The van der Waals surface area contributed by atoms with Crippen molar-refractivity contribution >= 4 is 17.9 Å². The van der Waals surface area contributed by atoms with Gasteiger partial charge in [0.25, 0.3) is 0 Å². The van der Waals surface area contributed by atoms with Gasteiger partial charge >= 0.3 is 17.9 Å². The quantitative estimate of drug-likeness (QED) is 0.0262. The summed E-state index contributed by atoms with van der Waals surface area (Å²) in [5.74, 6) is -0.927. The molecule has 6 heteroatoms. The van der Waals surface area contributed by atoms with Gasteiger partial charge < -0.3 is 14.2 Å². The van der Waals surface area contributed by atoms with Gasteiger partial charge in [0.2, 0.25) is 0 Å². The first-order valence-electron chi connectivity index (χ1n) is 27.7. The van der Waals surface area contributed by atoms with Gasteiger partial charge in [0.1, 0.15) is 13.2 Å². The van der Waals surface area contributed by atoms with Crippen LogP contribution in [0.2, 0.25) is 0 Å². The van der Waals surface area contributed by atoms with Crippen LogP contribution in [0.25, 0.3) is 0 Å². The van der Waals surface area contributed by atoms with E-state index in [-0.39, 0.29) is 31.1 Å². The number of esters is 3. The second-order valence-electron chi connectivity index (χ2n) is 18.3. The summed E-state index contributed by atoms with van der Waals surface area (Å²) >= 11 is 0. The van der Waals surface area contributed by atoms with Crippen LogP contribution in [0.4, 0.5) is 0 Å². The zero-order valence-corrected chi connectivity index (χ0v) is 43.2. The number of ether oxygens (including phenoxy) is 3.